The smallest absolute Gasteiger partial charge is 0.318 e. The molecule has 0 aliphatic heterocycles. The van der Waals surface area contributed by atoms with Crippen LogP contribution in [0.1, 0.15) is 11.3 Å². The monoisotopic (exact) mass is 340 g/mol. The van der Waals surface area contributed by atoms with Gasteiger partial charge in [0.05, 0.1) is 18.5 Å². The minimum absolute atomic E-state index is 0.218. The van der Waals surface area contributed by atoms with Crippen molar-refractivity contribution in [3.05, 3.63) is 39.7 Å². The Labute approximate surface area is 124 Å². The Hall–Kier alpha value is -1.89. The summed E-state index contributed by atoms with van der Waals surface area (Å²) in [4.78, 5) is 8.17. The molecule has 0 radical (unpaired) electrons. The zero-order chi connectivity index (χ0) is 14.7. The predicted molar refractivity (Wildman–Crippen MR) is 79.2 cm³/mol. The number of benzene rings is 1. The molecule has 0 saturated heterocycles. The van der Waals surface area contributed by atoms with Gasteiger partial charge in [-0.25, -0.2) is 4.39 Å². The highest BCUT2D eigenvalue weighted by Crippen LogP contribution is 2.23. The molecule has 5 nitrogen and oxygen atoms in total. The van der Waals surface area contributed by atoms with Crippen LogP contribution >= 0.6 is 15.9 Å². The van der Waals surface area contributed by atoms with E-state index in [0.29, 0.717) is 27.2 Å². The Morgan fingerprint density at radius 1 is 1.40 bits per heavy atom. The molecule has 0 fully saturated rings. The van der Waals surface area contributed by atoms with Crippen LogP contribution in [0.3, 0.4) is 0 Å². The van der Waals surface area contributed by atoms with Crippen LogP contribution in [-0.4, -0.2) is 17.1 Å². The van der Waals surface area contributed by atoms with Gasteiger partial charge < -0.3 is 15.8 Å². The van der Waals surface area contributed by atoms with Gasteiger partial charge >= 0.3 is 6.01 Å². The van der Waals surface area contributed by atoms with Crippen molar-refractivity contribution < 1.29 is 9.13 Å². The Morgan fingerprint density at radius 3 is 2.80 bits per heavy atom. The zero-order valence-corrected chi connectivity index (χ0v) is 12.7. The molecule has 1 aromatic carbocycles. The fourth-order valence-electron chi connectivity index (χ4n) is 1.63. The fourth-order valence-corrected chi connectivity index (χ4v) is 1.96. The molecule has 0 aliphatic carbocycles. The molecule has 0 unspecified atom stereocenters. The molecule has 2 rings (SSSR count). The molecule has 3 N–H and O–H groups in total. The third kappa shape index (κ3) is 3.16. The number of nitrogen functional groups attached to an aromatic ring is 1. The highest BCUT2D eigenvalue weighted by atomic mass is 79.9. The van der Waals surface area contributed by atoms with Gasteiger partial charge in [-0.15, -0.1) is 0 Å². The van der Waals surface area contributed by atoms with Crippen LogP contribution in [0, 0.1) is 12.7 Å². The molecule has 0 aliphatic rings. The second kappa shape index (κ2) is 6.04. The lowest BCUT2D eigenvalue weighted by atomic mass is 10.2. The van der Waals surface area contributed by atoms with E-state index >= 15 is 0 Å². The molecule has 0 saturated carbocycles. The summed E-state index contributed by atoms with van der Waals surface area (Å²) in [6, 6.07) is 5.09. The molecule has 0 spiro atoms. The molecular formula is C13H14BrFN4O. The van der Waals surface area contributed by atoms with Crippen molar-refractivity contribution >= 4 is 27.4 Å². The summed E-state index contributed by atoms with van der Waals surface area (Å²) in [6.45, 7) is 2.02. The zero-order valence-electron chi connectivity index (χ0n) is 11.1. The maximum atomic E-state index is 13.7. The summed E-state index contributed by atoms with van der Waals surface area (Å²) < 4.78 is 19.4. The number of halogens is 2. The van der Waals surface area contributed by atoms with E-state index in [1.165, 1.54) is 13.2 Å². The van der Waals surface area contributed by atoms with Gasteiger partial charge in [-0.2, -0.15) is 9.97 Å². The number of nitrogens with zero attached hydrogens (tertiary/aromatic N) is 2. The van der Waals surface area contributed by atoms with Crippen LogP contribution in [-0.2, 0) is 6.54 Å². The Kier molecular flexibility index (Phi) is 4.39. The number of nitrogens with one attached hydrogen (secondary N) is 1. The lowest BCUT2D eigenvalue weighted by Gasteiger charge is -2.11. The number of aromatic nitrogens is 2. The predicted octanol–water partition coefficient (Wildman–Crippen LogP) is 2.89. The van der Waals surface area contributed by atoms with Crippen LogP contribution in [0.4, 0.5) is 15.9 Å². The van der Waals surface area contributed by atoms with Crippen LogP contribution in [0.2, 0.25) is 0 Å². The average Bonchev–Trinajstić information content (AvgIpc) is 2.41. The molecule has 0 amide bonds. The van der Waals surface area contributed by atoms with Gasteiger partial charge in [0.1, 0.15) is 5.82 Å². The largest absolute Gasteiger partial charge is 0.467 e. The van der Waals surface area contributed by atoms with E-state index in [2.05, 4.69) is 31.2 Å². The molecule has 20 heavy (non-hydrogen) atoms. The quantitative estimate of drug-likeness (QED) is 0.895. The number of hydrogen-bond donors (Lipinski definition) is 2. The van der Waals surface area contributed by atoms with E-state index < -0.39 is 0 Å². The highest BCUT2D eigenvalue weighted by molar-refractivity contribution is 9.10. The summed E-state index contributed by atoms with van der Waals surface area (Å²) in [5, 5.41) is 2.99. The summed E-state index contributed by atoms with van der Waals surface area (Å²) in [7, 11) is 1.48. The molecule has 0 bridgehead atoms. The average molecular weight is 341 g/mol. The fraction of sp³-hybridized carbons (Fsp3) is 0.231. The normalized spacial score (nSPS) is 10.4. The molecule has 1 aromatic heterocycles. The number of rotatable bonds is 4. The first kappa shape index (κ1) is 14.5. The summed E-state index contributed by atoms with van der Waals surface area (Å²) in [6.07, 6.45) is 0. The van der Waals surface area contributed by atoms with E-state index in [0.717, 1.165) is 0 Å². The number of methoxy groups -OCH3 is 1. The van der Waals surface area contributed by atoms with Crippen molar-refractivity contribution in [1.29, 1.82) is 0 Å². The van der Waals surface area contributed by atoms with Crippen molar-refractivity contribution in [3.8, 4) is 6.01 Å². The number of hydrogen-bond acceptors (Lipinski definition) is 5. The van der Waals surface area contributed by atoms with Gasteiger partial charge in [0.15, 0.2) is 5.82 Å². The summed E-state index contributed by atoms with van der Waals surface area (Å²) >= 11 is 3.21. The standard InChI is InChI=1S/C13H14BrFN4O/c1-7-11(16)12(19-13(18-7)20-2)17-6-8-3-4-9(14)5-10(8)15/h3-5H,6,16H2,1-2H3,(H,17,18,19). The van der Waals surface area contributed by atoms with Crippen LogP contribution < -0.4 is 15.8 Å². The van der Waals surface area contributed by atoms with Crippen molar-refractivity contribution in [2.24, 2.45) is 0 Å². The van der Waals surface area contributed by atoms with Gasteiger partial charge in [-0.1, -0.05) is 22.0 Å². The number of anilines is 2. The molecular weight excluding hydrogens is 327 g/mol. The van der Waals surface area contributed by atoms with Crippen molar-refractivity contribution in [3.63, 3.8) is 0 Å². The van der Waals surface area contributed by atoms with Crippen molar-refractivity contribution in [2.75, 3.05) is 18.2 Å². The van der Waals surface area contributed by atoms with E-state index in [1.807, 2.05) is 0 Å². The van der Waals surface area contributed by atoms with Gasteiger partial charge in [0.25, 0.3) is 0 Å². The maximum absolute atomic E-state index is 13.7. The number of aryl methyl sites for hydroxylation is 1. The maximum Gasteiger partial charge on any atom is 0.318 e. The molecule has 2 aromatic rings. The van der Waals surface area contributed by atoms with Gasteiger partial charge in [-0.3, -0.25) is 0 Å². The molecule has 7 heteroatoms. The summed E-state index contributed by atoms with van der Waals surface area (Å²) in [5.74, 6) is 0.125. The lowest BCUT2D eigenvalue weighted by molar-refractivity contribution is 0.379. The Balaban J connectivity index is 2.20. The molecule has 1 heterocycles. The van der Waals surface area contributed by atoms with E-state index in [1.54, 1.807) is 19.1 Å². The second-order valence-corrected chi connectivity index (χ2v) is 5.06. The Bertz CT molecular complexity index is 636. The first-order valence-electron chi connectivity index (χ1n) is 5.87. The van der Waals surface area contributed by atoms with E-state index in [9.17, 15) is 4.39 Å². The highest BCUT2D eigenvalue weighted by Gasteiger charge is 2.10. The van der Waals surface area contributed by atoms with Crippen LogP contribution in [0.5, 0.6) is 6.01 Å². The van der Waals surface area contributed by atoms with Gasteiger partial charge in [0, 0.05) is 16.6 Å². The third-order valence-electron chi connectivity index (χ3n) is 2.76. The SMILES string of the molecule is COc1nc(C)c(N)c(NCc2ccc(Br)cc2F)n1. The first-order valence-corrected chi connectivity index (χ1v) is 6.66. The number of ether oxygens (including phenoxy) is 1. The Morgan fingerprint density at radius 2 is 2.15 bits per heavy atom. The van der Waals surface area contributed by atoms with Crippen molar-refractivity contribution in [1.82, 2.24) is 9.97 Å². The summed E-state index contributed by atoms with van der Waals surface area (Å²) in [5.41, 5.74) is 7.43. The molecule has 106 valence electrons. The van der Waals surface area contributed by atoms with Crippen molar-refractivity contribution in [2.45, 2.75) is 13.5 Å². The third-order valence-corrected chi connectivity index (χ3v) is 3.25. The second-order valence-electron chi connectivity index (χ2n) is 4.15. The minimum atomic E-state index is -0.303. The minimum Gasteiger partial charge on any atom is -0.467 e. The van der Waals surface area contributed by atoms with E-state index in [-0.39, 0.29) is 18.4 Å². The van der Waals surface area contributed by atoms with Gasteiger partial charge in [0.2, 0.25) is 0 Å². The topological polar surface area (TPSA) is 73.1 Å². The molecule has 0 atom stereocenters. The van der Waals surface area contributed by atoms with Crippen LogP contribution in [0.15, 0.2) is 22.7 Å². The van der Waals surface area contributed by atoms with Crippen LogP contribution in [0.25, 0.3) is 0 Å². The number of nitrogens with two attached hydrogens (primary N) is 1. The lowest BCUT2D eigenvalue weighted by Crippen LogP contribution is -2.09. The first-order chi connectivity index (χ1) is 9.51. The van der Waals surface area contributed by atoms with E-state index in [4.69, 9.17) is 10.5 Å². The van der Waals surface area contributed by atoms with Gasteiger partial charge in [-0.05, 0) is 19.1 Å².